The molecule has 0 radical (unpaired) electrons. The van der Waals surface area contributed by atoms with Crippen LogP contribution in [0.25, 0.3) is 0 Å². The maximum atomic E-state index is 11.6. The molecule has 0 atom stereocenters. The first kappa shape index (κ1) is 12.1. The third kappa shape index (κ3) is 2.84. The first-order chi connectivity index (χ1) is 8.66. The molecule has 0 fully saturated rings. The van der Waals surface area contributed by atoms with Gasteiger partial charge in [-0.2, -0.15) is 10.1 Å². The first-order valence-electron chi connectivity index (χ1n) is 5.61. The molecule has 18 heavy (non-hydrogen) atoms. The molecular weight excluding hydrogens is 234 g/mol. The normalized spacial score (nSPS) is 10.5. The van der Waals surface area contributed by atoms with E-state index < -0.39 is 0 Å². The molecule has 0 spiro atoms. The van der Waals surface area contributed by atoms with Crippen molar-refractivity contribution in [2.24, 2.45) is 0 Å². The number of hydrogen-bond acceptors (Lipinski definition) is 5. The second kappa shape index (κ2) is 5.30. The van der Waals surface area contributed by atoms with Gasteiger partial charge in [0.2, 0.25) is 11.8 Å². The van der Waals surface area contributed by atoms with Gasteiger partial charge < -0.3 is 11.1 Å². The zero-order valence-corrected chi connectivity index (χ0v) is 10.0. The van der Waals surface area contributed by atoms with Gasteiger partial charge in [0.05, 0.1) is 6.20 Å². The van der Waals surface area contributed by atoms with Crippen molar-refractivity contribution in [2.45, 2.75) is 19.8 Å². The Kier molecular flexibility index (Phi) is 3.56. The largest absolute Gasteiger partial charge is 0.366 e. The van der Waals surface area contributed by atoms with E-state index in [1.165, 1.54) is 0 Å². The number of aryl methyl sites for hydroxylation is 2. The van der Waals surface area contributed by atoms with Crippen LogP contribution >= 0.6 is 0 Å². The van der Waals surface area contributed by atoms with Gasteiger partial charge in [0.25, 0.3) is 5.91 Å². The molecule has 2 heterocycles. The molecule has 0 aliphatic carbocycles. The number of amides is 1. The van der Waals surface area contributed by atoms with E-state index in [1.54, 1.807) is 6.20 Å². The lowest BCUT2D eigenvalue weighted by atomic mass is 10.1. The molecular formula is C10H15N7O. The van der Waals surface area contributed by atoms with Gasteiger partial charge in [-0.05, 0) is 25.3 Å². The highest BCUT2D eigenvalue weighted by atomic mass is 16.2. The van der Waals surface area contributed by atoms with Crippen molar-refractivity contribution >= 4 is 11.9 Å². The Morgan fingerprint density at radius 1 is 1.50 bits per heavy atom. The van der Waals surface area contributed by atoms with Crippen molar-refractivity contribution < 1.29 is 4.79 Å². The number of H-pyrrole nitrogens is 2. The predicted molar refractivity (Wildman–Crippen MR) is 64.8 cm³/mol. The summed E-state index contributed by atoms with van der Waals surface area (Å²) in [7, 11) is 0. The van der Waals surface area contributed by atoms with Crippen molar-refractivity contribution in [3.05, 3.63) is 23.3 Å². The highest BCUT2D eigenvalue weighted by molar-refractivity contribution is 5.90. The van der Waals surface area contributed by atoms with Gasteiger partial charge in [0.1, 0.15) is 0 Å². The van der Waals surface area contributed by atoms with Crippen LogP contribution in [0.15, 0.2) is 6.20 Å². The predicted octanol–water partition coefficient (Wildman–Crippen LogP) is -0.219. The number of hydrogen-bond donors (Lipinski definition) is 4. The fourth-order valence-corrected chi connectivity index (χ4v) is 1.57. The molecule has 8 nitrogen and oxygen atoms in total. The molecule has 2 rings (SSSR count). The number of anilines is 1. The van der Waals surface area contributed by atoms with Crippen LogP contribution in [-0.4, -0.2) is 37.8 Å². The summed E-state index contributed by atoms with van der Waals surface area (Å²) in [6.45, 7) is 2.53. The summed E-state index contributed by atoms with van der Waals surface area (Å²) < 4.78 is 0. The van der Waals surface area contributed by atoms with Crippen LogP contribution in [0.1, 0.15) is 28.3 Å². The number of carbonyl (C=O) groups excluding carboxylic acids is 1. The molecule has 8 heteroatoms. The minimum atomic E-state index is -0.303. The van der Waals surface area contributed by atoms with Gasteiger partial charge in [0.15, 0.2) is 0 Å². The summed E-state index contributed by atoms with van der Waals surface area (Å²) in [4.78, 5) is 15.3. The first-order valence-corrected chi connectivity index (χ1v) is 5.61. The number of nitrogen functional groups attached to an aromatic ring is 1. The average molecular weight is 249 g/mol. The van der Waals surface area contributed by atoms with E-state index >= 15 is 0 Å². The number of carbonyl (C=O) groups is 1. The topological polar surface area (TPSA) is 125 Å². The van der Waals surface area contributed by atoms with E-state index in [-0.39, 0.29) is 17.7 Å². The van der Waals surface area contributed by atoms with E-state index in [4.69, 9.17) is 5.73 Å². The minimum absolute atomic E-state index is 0.0640. The van der Waals surface area contributed by atoms with Crippen molar-refractivity contribution in [3.8, 4) is 0 Å². The summed E-state index contributed by atoms with van der Waals surface area (Å²) >= 11 is 0. The number of aromatic nitrogens is 5. The third-order valence-corrected chi connectivity index (χ3v) is 2.56. The number of rotatable bonds is 5. The van der Waals surface area contributed by atoms with Crippen LogP contribution in [0.3, 0.4) is 0 Å². The summed E-state index contributed by atoms with van der Waals surface area (Å²) in [6, 6.07) is 0. The molecule has 0 saturated heterocycles. The maximum Gasteiger partial charge on any atom is 0.288 e. The Morgan fingerprint density at radius 3 is 2.94 bits per heavy atom. The molecule has 1 amide bonds. The standard InChI is InChI=1S/C10H15N7O/c1-6-7(5-13-15-6)3-2-4-12-9(18)8-14-10(11)17-16-8/h5H,2-4H2,1H3,(H,12,18)(H,13,15)(H3,11,14,16,17). The van der Waals surface area contributed by atoms with Gasteiger partial charge >= 0.3 is 0 Å². The molecule has 5 N–H and O–H groups in total. The summed E-state index contributed by atoms with van der Waals surface area (Å²) in [5.74, 6) is -0.107. The van der Waals surface area contributed by atoms with Crippen LogP contribution in [0.5, 0.6) is 0 Å². The van der Waals surface area contributed by atoms with Gasteiger partial charge in [-0.1, -0.05) is 0 Å². The van der Waals surface area contributed by atoms with Crippen molar-refractivity contribution in [3.63, 3.8) is 0 Å². The summed E-state index contributed by atoms with van der Waals surface area (Å²) in [5.41, 5.74) is 7.53. The van der Waals surface area contributed by atoms with Crippen LogP contribution in [-0.2, 0) is 6.42 Å². The molecule has 0 saturated carbocycles. The number of nitrogens with two attached hydrogens (primary N) is 1. The minimum Gasteiger partial charge on any atom is -0.366 e. The number of nitrogens with one attached hydrogen (secondary N) is 3. The highest BCUT2D eigenvalue weighted by Crippen LogP contribution is 2.05. The van der Waals surface area contributed by atoms with Crippen LogP contribution in [0.4, 0.5) is 5.95 Å². The third-order valence-electron chi connectivity index (χ3n) is 2.56. The van der Waals surface area contributed by atoms with Gasteiger partial charge in [-0.25, -0.2) is 0 Å². The van der Waals surface area contributed by atoms with Crippen molar-refractivity contribution in [2.75, 3.05) is 12.3 Å². The Balaban J connectivity index is 1.73. The number of aromatic amines is 2. The molecule has 0 bridgehead atoms. The van der Waals surface area contributed by atoms with Crippen molar-refractivity contribution in [1.82, 2.24) is 30.7 Å². The Bertz CT molecular complexity index is 530. The number of nitrogens with zero attached hydrogens (tertiary/aromatic N) is 3. The lowest BCUT2D eigenvalue weighted by molar-refractivity contribution is 0.0943. The van der Waals surface area contributed by atoms with Crippen LogP contribution < -0.4 is 11.1 Å². The monoisotopic (exact) mass is 249 g/mol. The van der Waals surface area contributed by atoms with Gasteiger partial charge in [-0.3, -0.25) is 15.0 Å². The molecule has 2 aromatic heterocycles. The van der Waals surface area contributed by atoms with E-state index in [0.717, 1.165) is 24.1 Å². The Hall–Kier alpha value is -2.38. The average Bonchev–Trinajstić information content (AvgIpc) is 2.94. The quantitative estimate of drug-likeness (QED) is 0.545. The molecule has 2 aromatic rings. The molecule has 96 valence electrons. The highest BCUT2D eigenvalue weighted by Gasteiger charge is 2.09. The van der Waals surface area contributed by atoms with Gasteiger partial charge in [0, 0.05) is 12.2 Å². The fraction of sp³-hybridized carbons (Fsp3) is 0.400. The van der Waals surface area contributed by atoms with E-state index in [9.17, 15) is 4.79 Å². The zero-order chi connectivity index (χ0) is 13.0. The smallest absolute Gasteiger partial charge is 0.288 e. The lowest BCUT2D eigenvalue weighted by Crippen LogP contribution is -2.25. The van der Waals surface area contributed by atoms with E-state index in [2.05, 4.69) is 30.7 Å². The molecule has 0 aliphatic rings. The Morgan fingerprint density at radius 2 is 2.33 bits per heavy atom. The zero-order valence-electron chi connectivity index (χ0n) is 10.0. The molecule has 0 unspecified atom stereocenters. The summed E-state index contributed by atoms with van der Waals surface area (Å²) in [5, 5.41) is 15.6. The molecule has 0 aromatic carbocycles. The Labute approximate surface area is 103 Å². The second-order valence-electron chi connectivity index (χ2n) is 3.92. The fourth-order valence-electron chi connectivity index (χ4n) is 1.57. The van der Waals surface area contributed by atoms with E-state index in [1.807, 2.05) is 6.92 Å². The van der Waals surface area contributed by atoms with Crippen LogP contribution in [0.2, 0.25) is 0 Å². The SMILES string of the molecule is Cc1[nH]ncc1CCCNC(=O)c1nc(N)n[nH]1. The van der Waals surface area contributed by atoms with Gasteiger partial charge in [-0.15, -0.1) is 5.10 Å². The second-order valence-corrected chi connectivity index (χ2v) is 3.92. The molecule has 0 aliphatic heterocycles. The van der Waals surface area contributed by atoms with E-state index in [0.29, 0.717) is 6.54 Å². The van der Waals surface area contributed by atoms with Crippen molar-refractivity contribution in [1.29, 1.82) is 0 Å². The maximum absolute atomic E-state index is 11.6. The summed E-state index contributed by atoms with van der Waals surface area (Å²) in [6.07, 6.45) is 3.49. The van der Waals surface area contributed by atoms with Crippen LogP contribution in [0, 0.1) is 6.92 Å². The lowest BCUT2D eigenvalue weighted by Gasteiger charge is -2.02.